The van der Waals surface area contributed by atoms with Crippen LogP contribution >= 0.6 is 15.9 Å². The first kappa shape index (κ1) is 15.4. The second-order valence-electron chi connectivity index (χ2n) is 4.74. The second-order valence-corrected chi connectivity index (χ2v) is 5.65. The van der Waals surface area contributed by atoms with Crippen molar-refractivity contribution in [2.45, 2.75) is 38.3 Å². The van der Waals surface area contributed by atoms with E-state index in [1.165, 1.54) is 6.07 Å². The Labute approximate surface area is 123 Å². The highest BCUT2D eigenvalue weighted by Gasteiger charge is 2.32. The van der Waals surface area contributed by atoms with Gasteiger partial charge in [-0.2, -0.15) is 0 Å². The van der Waals surface area contributed by atoms with Crippen molar-refractivity contribution in [3.8, 4) is 5.75 Å². The van der Waals surface area contributed by atoms with Gasteiger partial charge in [-0.15, -0.1) is 13.2 Å². The first-order chi connectivity index (χ1) is 9.33. The first-order valence-electron chi connectivity index (χ1n) is 6.27. The van der Waals surface area contributed by atoms with Gasteiger partial charge in [0.25, 0.3) is 0 Å². The van der Waals surface area contributed by atoms with Gasteiger partial charge >= 0.3 is 6.36 Å². The molecule has 0 saturated carbocycles. The molecular weight excluding hydrogens is 339 g/mol. The topological polar surface area (TPSA) is 30.5 Å². The molecule has 0 aromatic heterocycles. The molecule has 20 heavy (non-hydrogen) atoms. The summed E-state index contributed by atoms with van der Waals surface area (Å²) in [6.45, 7) is 2.55. The lowest BCUT2D eigenvalue weighted by atomic mass is 10.0. The van der Waals surface area contributed by atoms with Crippen LogP contribution in [0.4, 0.5) is 18.9 Å². The quantitative estimate of drug-likeness (QED) is 0.877. The molecule has 2 atom stereocenters. The highest BCUT2D eigenvalue weighted by molar-refractivity contribution is 9.10. The van der Waals surface area contributed by atoms with Crippen LogP contribution < -0.4 is 10.1 Å². The number of benzene rings is 1. The van der Waals surface area contributed by atoms with E-state index in [-0.39, 0.29) is 17.9 Å². The van der Waals surface area contributed by atoms with Crippen molar-refractivity contribution >= 4 is 21.6 Å². The van der Waals surface area contributed by atoms with Crippen LogP contribution in [0.3, 0.4) is 0 Å². The van der Waals surface area contributed by atoms with Crippen molar-refractivity contribution in [1.29, 1.82) is 0 Å². The smallest absolute Gasteiger partial charge is 0.404 e. The monoisotopic (exact) mass is 353 g/mol. The zero-order chi connectivity index (χ0) is 14.8. The molecular formula is C13H15BrF3NO2. The number of anilines is 1. The van der Waals surface area contributed by atoms with Crippen LogP contribution in [0, 0.1) is 0 Å². The van der Waals surface area contributed by atoms with Crippen molar-refractivity contribution in [3.05, 3.63) is 22.7 Å². The molecule has 1 aromatic carbocycles. The molecule has 0 spiro atoms. The van der Waals surface area contributed by atoms with Crippen LogP contribution in [0.1, 0.15) is 19.8 Å². The third kappa shape index (κ3) is 4.56. The number of hydrogen-bond donors (Lipinski definition) is 1. The Hall–Kier alpha value is -0.950. The number of rotatable bonds is 3. The summed E-state index contributed by atoms with van der Waals surface area (Å²) in [5, 5.41) is 3.10. The minimum absolute atomic E-state index is 0.0792. The predicted octanol–water partition coefficient (Wildman–Crippen LogP) is 4.33. The molecule has 0 bridgehead atoms. The van der Waals surface area contributed by atoms with Crippen LogP contribution in [0.5, 0.6) is 5.75 Å². The van der Waals surface area contributed by atoms with Gasteiger partial charge in [-0.05, 0) is 38.0 Å². The van der Waals surface area contributed by atoms with E-state index < -0.39 is 6.36 Å². The summed E-state index contributed by atoms with van der Waals surface area (Å²) in [5.74, 6) is -0.231. The maximum absolute atomic E-state index is 12.4. The normalized spacial score (nSPS) is 23.4. The van der Waals surface area contributed by atoms with Gasteiger partial charge in [0.1, 0.15) is 0 Å². The van der Waals surface area contributed by atoms with Gasteiger partial charge in [-0.25, -0.2) is 0 Å². The number of hydrogen-bond acceptors (Lipinski definition) is 3. The molecule has 1 fully saturated rings. The Kier molecular flexibility index (Phi) is 4.80. The Morgan fingerprint density at radius 2 is 2.15 bits per heavy atom. The largest absolute Gasteiger partial charge is 0.573 e. The number of halogens is 4. The maximum atomic E-state index is 12.4. The van der Waals surface area contributed by atoms with Crippen molar-refractivity contribution in [2.24, 2.45) is 0 Å². The second kappa shape index (κ2) is 6.22. The molecule has 1 heterocycles. The fraction of sp³-hybridized carbons (Fsp3) is 0.538. The Bertz CT molecular complexity index is 467. The summed E-state index contributed by atoms with van der Waals surface area (Å²) >= 11 is 3.14. The fourth-order valence-electron chi connectivity index (χ4n) is 2.17. The van der Waals surface area contributed by atoms with E-state index in [4.69, 9.17) is 4.74 Å². The average Bonchev–Trinajstić information content (AvgIpc) is 2.31. The number of alkyl halides is 3. The first-order valence-corrected chi connectivity index (χ1v) is 7.06. The van der Waals surface area contributed by atoms with Gasteiger partial charge in [0.15, 0.2) is 5.75 Å². The van der Waals surface area contributed by atoms with E-state index in [2.05, 4.69) is 26.0 Å². The van der Waals surface area contributed by atoms with E-state index >= 15 is 0 Å². The van der Waals surface area contributed by atoms with Gasteiger partial charge in [-0.1, -0.05) is 15.9 Å². The fourth-order valence-corrected chi connectivity index (χ4v) is 2.51. The SMILES string of the molecule is CC1CC(Nc2ccc(Br)cc2OC(F)(F)F)CCO1. The maximum Gasteiger partial charge on any atom is 0.573 e. The lowest BCUT2D eigenvalue weighted by Gasteiger charge is -2.29. The minimum atomic E-state index is -4.71. The molecule has 2 unspecified atom stereocenters. The van der Waals surface area contributed by atoms with Crippen LogP contribution in [0.25, 0.3) is 0 Å². The molecule has 3 nitrogen and oxygen atoms in total. The van der Waals surface area contributed by atoms with Crippen LogP contribution in [0.15, 0.2) is 22.7 Å². The van der Waals surface area contributed by atoms with Crippen LogP contribution in [0.2, 0.25) is 0 Å². The lowest BCUT2D eigenvalue weighted by Crippen LogP contribution is -2.32. The molecule has 0 radical (unpaired) electrons. The predicted molar refractivity (Wildman–Crippen MR) is 72.9 cm³/mol. The van der Waals surface area contributed by atoms with E-state index in [0.717, 1.165) is 12.8 Å². The molecule has 0 aliphatic carbocycles. The van der Waals surface area contributed by atoms with Gasteiger partial charge in [-0.3, -0.25) is 0 Å². The van der Waals surface area contributed by atoms with E-state index in [0.29, 0.717) is 16.8 Å². The average molecular weight is 354 g/mol. The molecule has 112 valence electrons. The molecule has 7 heteroatoms. The zero-order valence-corrected chi connectivity index (χ0v) is 12.4. The van der Waals surface area contributed by atoms with Crippen LogP contribution in [-0.2, 0) is 4.74 Å². The highest BCUT2D eigenvalue weighted by atomic mass is 79.9. The Morgan fingerprint density at radius 3 is 2.80 bits per heavy atom. The van der Waals surface area contributed by atoms with E-state index in [1.54, 1.807) is 12.1 Å². The summed E-state index contributed by atoms with van der Waals surface area (Å²) in [4.78, 5) is 0. The summed E-state index contributed by atoms with van der Waals surface area (Å²) in [5.41, 5.74) is 0.338. The third-order valence-corrected chi connectivity index (χ3v) is 3.51. The molecule has 1 N–H and O–H groups in total. The molecule has 1 saturated heterocycles. The lowest BCUT2D eigenvalue weighted by molar-refractivity contribution is -0.274. The minimum Gasteiger partial charge on any atom is -0.404 e. The van der Waals surface area contributed by atoms with Gasteiger partial charge in [0.05, 0.1) is 11.8 Å². The van der Waals surface area contributed by atoms with Crippen molar-refractivity contribution < 1.29 is 22.6 Å². The van der Waals surface area contributed by atoms with Gasteiger partial charge in [0, 0.05) is 17.1 Å². The summed E-state index contributed by atoms with van der Waals surface area (Å²) in [6.07, 6.45) is -3.10. The molecule has 1 aromatic rings. The third-order valence-electron chi connectivity index (χ3n) is 3.01. The highest BCUT2D eigenvalue weighted by Crippen LogP contribution is 2.34. The van der Waals surface area contributed by atoms with E-state index in [9.17, 15) is 13.2 Å². The van der Waals surface area contributed by atoms with Gasteiger partial charge < -0.3 is 14.8 Å². The van der Waals surface area contributed by atoms with Crippen molar-refractivity contribution in [2.75, 3.05) is 11.9 Å². The Balaban J connectivity index is 2.13. The number of nitrogens with one attached hydrogen (secondary N) is 1. The number of ether oxygens (including phenoxy) is 2. The van der Waals surface area contributed by atoms with Crippen molar-refractivity contribution in [1.82, 2.24) is 0 Å². The molecule has 1 aliphatic heterocycles. The molecule has 2 rings (SSSR count). The van der Waals surface area contributed by atoms with Crippen molar-refractivity contribution in [3.63, 3.8) is 0 Å². The van der Waals surface area contributed by atoms with Crippen LogP contribution in [-0.4, -0.2) is 25.1 Å². The summed E-state index contributed by atoms with van der Waals surface area (Å²) in [6, 6.07) is 4.63. The molecule has 1 aliphatic rings. The summed E-state index contributed by atoms with van der Waals surface area (Å²) < 4.78 is 47.2. The summed E-state index contributed by atoms with van der Waals surface area (Å²) in [7, 11) is 0. The molecule has 0 amide bonds. The van der Waals surface area contributed by atoms with Gasteiger partial charge in [0.2, 0.25) is 0 Å². The Morgan fingerprint density at radius 1 is 1.40 bits per heavy atom. The standard InChI is InChI=1S/C13H15BrF3NO2/c1-8-6-10(4-5-19-8)18-11-3-2-9(14)7-12(11)20-13(15,16)17/h2-3,7-8,10,18H,4-6H2,1H3. The van der Waals surface area contributed by atoms with E-state index in [1.807, 2.05) is 6.92 Å². The zero-order valence-electron chi connectivity index (χ0n) is 10.8.